The Morgan fingerprint density at radius 1 is 1.58 bits per heavy atom. The van der Waals surface area contributed by atoms with Gasteiger partial charge in [0.15, 0.2) is 0 Å². The van der Waals surface area contributed by atoms with Crippen LogP contribution in [0.2, 0.25) is 0 Å². The molecule has 0 saturated heterocycles. The Morgan fingerprint density at radius 2 is 2.42 bits per heavy atom. The Labute approximate surface area is 113 Å². The van der Waals surface area contributed by atoms with Gasteiger partial charge in [-0.05, 0) is 25.0 Å². The van der Waals surface area contributed by atoms with E-state index < -0.39 is 0 Å². The van der Waals surface area contributed by atoms with Gasteiger partial charge in [-0.15, -0.1) is 0 Å². The van der Waals surface area contributed by atoms with Crippen LogP contribution >= 0.6 is 0 Å². The number of methoxy groups -OCH3 is 1. The largest absolute Gasteiger partial charge is 0.396 e. The van der Waals surface area contributed by atoms with Crippen molar-refractivity contribution in [2.45, 2.75) is 31.8 Å². The molecule has 19 heavy (non-hydrogen) atoms. The summed E-state index contributed by atoms with van der Waals surface area (Å²) in [5.41, 5.74) is 0.653. The lowest BCUT2D eigenvalue weighted by atomic mass is 10.1. The Hall–Kier alpha value is -1.33. The van der Waals surface area contributed by atoms with Crippen molar-refractivity contribution in [3.8, 4) is 0 Å². The Kier molecular flexibility index (Phi) is 4.99. The second kappa shape index (κ2) is 6.73. The Morgan fingerprint density at radius 3 is 3.16 bits per heavy atom. The number of hydrogen-bond acceptors (Lipinski definition) is 3. The highest BCUT2D eigenvalue weighted by molar-refractivity contribution is 5.93. The molecule has 1 aliphatic rings. The molecule has 5 nitrogen and oxygen atoms in total. The van der Waals surface area contributed by atoms with Gasteiger partial charge in [-0.25, -0.2) is 0 Å². The summed E-state index contributed by atoms with van der Waals surface area (Å²) in [5, 5.41) is 12.3. The van der Waals surface area contributed by atoms with Crippen LogP contribution in [0.1, 0.15) is 29.8 Å². The van der Waals surface area contributed by atoms with Crippen molar-refractivity contribution >= 4 is 5.91 Å². The number of hydrogen-bond donors (Lipinski definition) is 2. The van der Waals surface area contributed by atoms with Crippen LogP contribution in [0.3, 0.4) is 0 Å². The zero-order valence-corrected chi connectivity index (χ0v) is 11.3. The van der Waals surface area contributed by atoms with Gasteiger partial charge in [0.25, 0.3) is 5.91 Å². The fourth-order valence-electron chi connectivity index (χ4n) is 2.69. The van der Waals surface area contributed by atoms with Gasteiger partial charge in [-0.1, -0.05) is 6.42 Å². The summed E-state index contributed by atoms with van der Waals surface area (Å²) in [5.74, 6) is 0.137. The van der Waals surface area contributed by atoms with E-state index in [0.29, 0.717) is 18.8 Å². The van der Waals surface area contributed by atoms with Crippen molar-refractivity contribution < 1.29 is 14.6 Å². The zero-order chi connectivity index (χ0) is 13.7. The second-order valence-corrected chi connectivity index (χ2v) is 5.03. The van der Waals surface area contributed by atoms with Gasteiger partial charge in [0.2, 0.25) is 0 Å². The van der Waals surface area contributed by atoms with Crippen LogP contribution < -0.4 is 5.32 Å². The molecule has 2 N–H and O–H groups in total. The van der Waals surface area contributed by atoms with Crippen LogP contribution in [0.4, 0.5) is 0 Å². The van der Waals surface area contributed by atoms with E-state index in [2.05, 4.69) is 5.32 Å². The van der Waals surface area contributed by atoms with E-state index in [1.807, 2.05) is 22.9 Å². The summed E-state index contributed by atoms with van der Waals surface area (Å²) >= 11 is 0. The Balaban J connectivity index is 1.97. The van der Waals surface area contributed by atoms with E-state index in [-0.39, 0.29) is 24.5 Å². The Bertz CT molecular complexity index is 417. The predicted octanol–water partition coefficient (Wildman–Crippen LogP) is 1.03. The van der Waals surface area contributed by atoms with Crippen molar-refractivity contribution in [3.05, 3.63) is 24.0 Å². The zero-order valence-electron chi connectivity index (χ0n) is 11.3. The van der Waals surface area contributed by atoms with Gasteiger partial charge in [0, 0.05) is 38.4 Å². The number of carbonyl (C=O) groups excluding carboxylic acids is 1. The molecular weight excluding hydrogens is 244 g/mol. The third-order valence-electron chi connectivity index (χ3n) is 3.81. The number of carbonyl (C=O) groups is 1. The molecule has 1 saturated carbocycles. The minimum absolute atomic E-state index is 0.0635. The molecule has 2 unspecified atom stereocenters. The normalized spacial score (nSPS) is 22.6. The topological polar surface area (TPSA) is 63.5 Å². The number of aromatic nitrogens is 1. The van der Waals surface area contributed by atoms with Crippen molar-refractivity contribution in [3.63, 3.8) is 0 Å². The molecule has 0 bridgehead atoms. The number of rotatable bonds is 6. The summed E-state index contributed by atoms with van der Waals surface area (Å²) in [6, 6.07) is 3.78. The third kappa shape index (κ3) is 3.36. The standard InChI is InChI=1S/C14H22N2O3/c1-19-9-8-16-7-3-6-13(16)14(18)15-12-5-2-4-11(12)10-17/h3,6-7,11-12,17H,2,4-5,8-10H2,1H3,(H,15,18). The number of aliphatic hydroxyl groups excluding tert-OH is 1. The summed E-state index contributed by atoms with van der Waals surface area (Å²) in [4.78, 5) is 12.3. The molecule has 0 aliphatic heterocycles. The minimum Gasteiger partial charge on any atom is -0.396 e. The molecule has 5 heteroatoms. The molecular formula is C14H22N2O3. The quantitative estimate of drug-likeness (QED) is 0.808. The van der Waals surface area contributed by atoms with Crippen molar-refractivity contribution in [1.29, 1.82) is 0 Å². The molecule has 106 valence electrons. The molecule has 0 spiro atoms. The molecule has 0 aromatic carbocycles. The maximum absolute atomic E-state index is 12.3. The van der Waals surface area contributed by atoms with Crippen molar-refractivity contribution in [1.82, 2.24) is 9.88 Å². The van der Waals surface area contributed by atoms with Crippen LogP contribution in [0.5, 0.6) is 0 Å². The fraction of sp³-hybridized carbons (Fsp3) is 0.643. The van der Waals surface area contributed by atoms with Crippen LogP contribution in [0.25, 0.3) is 0 Å². The number of nitrogens with one attached hydrogen (secondary N) is 1. The van der Waals surface area contributed by atoms with E-state index in [1.54, 1.807) is 7.11 Å². The number of aliphatic hydroxyl groups is 1. The highest BCUT2D eigenvalue weighted by Crippen LogP contribution is 2.25. The lowest BCUT2D eigenvalue weighted by Gasteiger charge is -2.19. The van der Waals surface area contributed by atoms with Crippen molar-refractivity contribution in [2.75, 3.05) is 20.3 Å². The van der Waals surface area contributed by atoms with Crippen LogP contribution in [-0.4, -0.2) is 41.9 Å². The molecule has 1 aromatic rings. The monoisotopic (exact) mass is 266 g/mol. The highest BCUT2D eigenvalue weighted by atomic mass is 16.5. The molecule has 1 heterocycles. The summed E-state index contributed by atoms with van der Waals surface area (Å²) in [6.07, 6.45) is 4.90. The summed E-state index contributed by atoms with van der Waals surface area (Å²) in [7, 11) is 1.65. The first-order chi connectivity index (χ1) is 9.26. The average molecular weight is 266 g/mol. The van der Waals surface area contributed by atoms with Crippen LogP contribution in [0.15, 0.2) is 18.3 Å². The number of ether oxygens (including phenoxy) is 1. The van der Waals surface area contributed by atoms with E-state index in [1.165, 1.54) is 0 Å². The fourth-order valence-corrected chi connectivity index (χ4v) is 2.69. The third-order valence-corrected chi connectivity index (χ3v) is 3.81. The number of amides is 1. The van der Waals surface area contributed by atoms with Gasteiger partial charge in [-0.3, -0.25) is 4.79 Å². The van der Waals surface area contributed by atoms with Crippen LogP contribution in [0, 0.1) is 5.92 Å². The second-order valence-electron chi connectivity index (χ2n) is 5.03. The van der Waals surface area contributed by atoms with Gasteiger partial charge in [0.05, 0.1) is 6.61 Å². The SMILES string of the molecule is COCCn1cccc1C(=O)NC1CCCC1CO. The first kappa shape index (κ1) is 14.1. The molecule has 0 radical (unpaired) electrons. The molecule has 1 amide bonds. The molecule has 2 rings (SSSR count). The van der Waals surface area contributed by atoms with E-state index in [9.17, 15) is 9.90 Å². The van der Waals surface area contributed by atoms with Crippen LogP contribution in [-0.2, 0) is 11.3 Å². The van der Waals surface area contributed by atoms with E-state index in [4.69, 9.17) is 4.74 Å². The first-order valence-electron chi connectivity index (χ1n) is 6.82. The highest BCUT2D eigenvalue weighted by Gasteiger charge is 2.28. The van der Waals surface area contributed by atoms with Gasteiger partial charge in [0.1, 0.15) is 5.69 Å². The summed E-state index contributed by atoms with van der Waals surface area (Å²) < 4.78 is 6.92. The first-order valence-corrected chi connectivity index (χ1v) is 6.82. The van der Waals surface area contributed by atoms with E-state index in [0.717, 1.165) is 19.3 Å². The average Bonchev–Trinajstić information content (AvgIpc) is 3.04. The molecule has 2 atom stereocenters. The van der Waals surface area contributed by atoms with Gasteiger partial charge >= 0.3 is 0 Å². The predicted molar refractivity (Wildman–Crippen MR) is 72.0 cm³/mol. The summed E-state index contributed by atoms with van der Waals surface area (Å²) in [6.45, 7) is 1.40. The number of nitrogens with zero attached hydrogens (tertiary/aromatic N) is 1. The maximum atomic E-state index is 12.3. The van der Waals surface area contributed by atoms with Gasteiger partial charge < -0.3 is 19.7 Å². The van der Waals surface area contributed by atoms with Gasteiger partial charge in [-0.2, -0.15) is 0 Å². The molecule has 1 fully saturated rings. The van der Waals surface area contributed by atoms with E-state index >= 15 is 0 Å². The lowest BCUT2D eigenvalue weighted by Crippen LogP contribution is -2.39. The minimum atomic E-state index is -0.0635. The van der Waals surface area contributed by atoms with Crippen molar-refractivity contribution in [2.24, 2.45) is 5.92 Å². The lowest BCUT2D eigenvalue weighted by molar-refractivity contribution is 0.0904. The smallest absolute Gasteiger partial charge is 0.268 e. The molecule has 1 aromatic heterocycles. The molecule has 1 aliphatic carbocycles. The maximum Gasteiger partial charge on any atom is 0.268 e.